The Kier molecular flexibility index (Phi) is 2.89. The van der Waals surface area contributed by atoms with Crippen molar-refractivity contribution in [3.8, 4) is 0 Å². The molecule has 2 unspecified atom stereocenters. The van der Waals surface area contributed by atoms with Gasteiger partial charge >= 0.3 is 0 Å². The van der Waals surface area contributed by atoms with Gasteiger partial charge in [0.1, 0.15) is 5.82 Å². The molecule has 1 aromatic rings. The minimum absolute atomic E-state index is 0.390. The second kappa shape index (κ2) is 4.17. The maximum atomic E-state index is 13.0. The first-order valence-corrected chi connectivity index (χ1v) is 5.54. The number of hydrogen-bond donors (Lipinski definition) is 0. The monoisotopic (exact) mass is 208 g/mol. The number of rotatable bonds is 1. The lowest BCUT2D eigenvalue weighted by Crippen LogP contribution is -2.38. The molecule has 2 rings (SSSR count). The third kappa shape index (κ3) is 2.28. The zero-order chi connectivity index (χ0) is 10.8. The SMILES string of the molecule is CC1CCN(c2cccc(F)n2)CC1C. The number of pyridine rings is 1. The normalized spacial score (nSPS) is 26.7. The first kappa shape index (κ1) is 10.4. The maximum Gasteiger partial charge on any atom is 0.214 e. The van der Waals surface area contributed by atoms with Crippen LogP contribution in [0.4, 0.5) is 10.2 Å². The Bertz CT molecular complexity index is 340. The highest BCUT2D eigenvalue weighted by Crippen LogP contribution is 2.25. The van der Waals surface area contributed by atoms with Gasteiger partial charge in [-0.1, -0.05) is 19.9 Å². The summed E-state index contributed by atoms with van der Waals surface area (Å²) in [6.45, 7) is 6.50. The van der Waals surface area contributed by atoms with E-state index in [0.29, 0.717) is 5.92 Å². The van der Waals surface area contributed by atoms with Gasteiger partial charge in [0.05, 0.1) is 0 Å². The van der Waals surface area contributed by atoms with Crippen LogP contribution < -0.4 is 4.90 Å². The highest BCUT2D eigenvalue weighted by Gasteiger charge is 2.23. The average molecular weight is 208 g/mol. The molecular formula is C12H17FN2. The summed E-state index contributed by atoms with van der Waals surface area (Å²) in [6.07, 6.45) is 1.17. The second-order valence-corrected chi connectivity index (χ2v) is 4.51. The number of hydrogen-bond acceptors (Lipinski definition) is 2. The van der Waals surface area contributed by atoms with Crippen molar-refractivity contribution in [3.05, 3.63) is 24.1 Å². The standard InChI is InChI=1S/C12H17FN2/c1-9-6-7-15(8-10(9)2)12-5-3-4-11(13)14-12/h3-5,9-10H,6-8H2,1-2H3. The van der Waals surface area contributed by atoms with Crippen molar-refractivity contribution in [3.63, 3.8) is 0 Å². The number of anilines is 1. The van der Waals surface area contributed by atoms with Crippen LogP contribution in [0.5, 0.6) is 0 Å². The van der Waals surface area contributed by atoms with Gasteiger partial charge in [-0.05, 0) is 30.4 Å². The van der Waals surface area contributed by atoms with Crippen LogP contribution in [0.1, 0.15) is 20.3 Å². The molecule has 0 N–H and O–H groups in total. The summed E-state index contributed by atoms with van der Waals surface area (Å²) in [6, 6.07) is 4.99. The number of piperidine rings is 1. The van der Waals surface area contributed by atoms with E-state index in [1.807, 2.05) is 6.07 Å². The van der Waals surface area contributed by atoms with Gasteiger partial charge in [0, 0.05) is 13.1 Å². The average Bonchev–Trinajstić information content (AvgIpc) is 2.22. The van der Waals surface area contributed by atoms with E-state index in [4.69, 9.17) is 0 Å². The van der Waals surface area contributed by atoms with Gasteiger partial charge in [-0.3, -0.25) is 0 Å². The highest BCUT2D eigenvalue weighted by molar-refractivity contribution is 5.38. The molecule has 0 aliphatic carbocycles. The third-order valence-corrected chi connectivity index (χ3v) is 3.36. The topological polar surface area (TPSA) is 16.1 Å². The quantitative estimate of drug-likeness (QED) is 0.660. The summed E-state index contributed by atoms with van der Waals surface area (Å²) in [5, 5.41) is 0. The van der Waals surface area contributed by atoms with Gasteiger partial charge in [0.15, 0.2) is 0 Å². The molecule has 1 fully saturated rings. The molecule has 82 valence electrons. The fourth-order valence-electron chi connectivity index (χ4n) is 2.04. The number of halogens is 1. The number of nitrogens with zero attached hydrogens (tertiary/aromatic N) is 2. The predicted octanol–water partition coefficient (Wildman–Crippen LogP) is 2.70. The predicted molar refractivity (Wildman–Crippen MR) is 59.4 cm³/mol. The lowest BCUT2D eigenvalue weighted by Gasteiger charge is -2.35. The molecule has 0 radical (unpaired) electrons. The lowest BCUT2D eigenvalue weighted by molar-refractivity contribution is 0.322. The molecule has 2 heterocycles. The maximum absolute atomic E-state index is 13.0. The Morgan fingerprint density at radius 1 is 1.33 bits per heavy atom. The lowest BCUT2D eigenvalue weighted by atomic mass is 9.89. The molecule has 0 aromatic carbocycles. The summed E-state index contributed by atoms with van der Waals surface area (Å²) < 4.78 is 13.0. The largest absolute Gasteiger partial charge is 0.356 e. The van der Waals surface area contributed by atoms with E-state index in [9.17, 15) is 4.39 Å². The van der Waals surface area contributed by atoms with Crippen molar-refractivity contribution in [2.75, 3.05) is 18.0 Å². The van der Waals surface area contributed by atoms with Crippen LogP contribution in [0.25, 0.3) is 0 Å². The fraction of sp³-hybridized carbons (Fsp3) is 0.583. The minimum Gasteiger partial charge on any atom is -0.356 e. The van der Waals surface area contributed by atoms with Gasteiger partial charge in [0.2, 0.25) is 5.95 Å². The van der Waals surface area contributed by atoms with Crippen LogP contribution in [0, 0.1) is 17.8 Å². The smallest absolute Gasteiger partial charge is 0.214 e. The molecule has 1 aliphatic rings. The summed E-state index contributed by atoms with van der Waals surface area (Å²) in [5.74, 6) is 1.80. The molecule has 2 nitrogen and oxygen atoms in total. The van der Waals surface area contributed by atoms with Gasteiger partial charge in [-0.25, -0.2) is 4.98 Å². The summed E-state index contributed by atoms with van der Waals surface area (Å²) in [5.41, 5.74) is 0. The van der Waals surface area contributed by atoms with E-state index in [2.05, 4.69) is 23.7 Å². The first-order valence-electron chi connectivity index (χ1n) is 5.54. The molecule has 15 heavy (non-hydrogen) atoms. The molecule has 0 spiro atoms. The Balaban J connectivity index is 2.12. The van der Waals surface area contributed by atoms with Crippen LogP contribution >= 0.6 is 0 Å². The summed E-state index contributed by atoms with van der Waals surface area (Å²) >= 11 is 0. The van der Waals surface area contributed by atoms with Crippen molar-refractivity contribution in [2.24, 2.45) is 11.8 Å². The van der Waals surface area contributed by atoms with Gasteiger partial charge in [-0.15, -0.1) is 0 Å². The Labute approximate surface area is 90.1 Å². The van der Waals surface area contributed by atoms with E-state index in [-0.39, 0.29) is 0 Å². The zero-order valence-electron chi connectivity index (χ0n) is 9.28. The fourth-order valence-corrected chi connectivity index (χ4v) is 2.04. The summed E-state index contributed by atoms with van der Waals surface area (Å²) in [7, 11) is 0. The van der Waals surface area contributed by atoms with E-state index in [0.717, 1.165) is 24.8 Å². The minimum atomic E-state index is -0.390. The third-order valence-electron chi connectivity index (χ3n) is 3.36. The molecule has 3 heteroatoms. The van der Waals surface area contributed by atoms with Crippen molar-refractivity contribution in [1.29, 1.82) is 0 Å². The van der Waals surface area contributed by atoms with Crippen LogP contribution in [0.3, 0.4) is 0 Å². The van der Waals surface area contributed by atoms with Crippen LogP contribution in [-0.4, -0.2) is 18.1 Å². The zero-order valence-corrected chi connectivity index (χ0v) is 9.28. The van der Waals surface area contributed by atoms with Crippen LogP contribution in [0.15, 0.2) is 18.2 Å². The van der Waals surface area contributed by atoms with Crippen molar-refractivity contribution < 1.29 is 4.39 Å². The molecule has 1 aromatic heterocycles. The first-order chi connectivity index (χ1) is 7.16. The molecule has 0 amide bonds. The van der Waals surface area contributed by atoms with E-state index in [1.165, 1.54) is 12.5 Å². The van der Waals surface area contributed by atoms with E-state index >= 15 is 0 Å². The van der Waals surface area contributed by atoms with Crippen molar-refractivity contribution >= 4 is 5.82 Å². The highest BCUT2D eigenvalue weighted by atomic mass is 19.1. The van der Waals surface area contributed by atoms with Crippen molar-refractivity contribution in [2.45, 2.75) is 20.3 Å². The summed E-state index contributed by atoms with van der Waals surface area (Å²) in [4.78, 5) is 6.09. The van der Waals surface area contributed by atoms with Gasteiger partial charge in [0.25, 0.3) is 0 Å². The van der Waals surface area contributed by atoms with Gasteiger partial charge in [-0.2, -0.15) is 4.39 Å². The van der Waals surface area contributed by atoms with Crippen LogP contribution in [-0.2, 0) is 0 Å². The Morgan fingerprint density at radius 2 is 2.13 bits per heavy atom. The van der Waals surface area contributed by atoms with Crippen molar-refractivity contribution in [1.82, 2.24) is 4.98 Å². The van der Waals surface area contributed by atoms with Crippen LogP contribution in [0.2, 0.25) is 0 Å². The molecule has 1 aliphatic heterocycles. The van der Waals surface area contributed by atoms with E-state index < -0.39 is 5.95 Å². The molecular weight excluding hydrogens is 191 g/mol. The van der Waals surface area contributed by atoms with Gasteiger partial charge < -0.3 is 4.90 Å². The molecule has 0 saturated carbocycles. The molecule has 1 saturated heterocycles. The Morgan fingerprint density at radius 3 is 2.80 bits per heavy atom. The number of aromatic nitrogens is 1. The van der Waals surface area contributed by atoms with E-state index in [1.54, 1.807) is 6.07 Å². The molecule has 0 bridgehead atoms. The molecule has 2 atom stereocenters. The second-order valence-electron chi connectivity index (χ2n) is 4.51. The Hall–Kier alpha value is -1.12.